The molecule has 106 valence electrons. The number of hydrogen-bond acceptors (Lipinski definition) is 2. The summed E-state index contributed by atoms with van der Waals surface area (Å²) in [7, 11) is 0. The fraction of sp³-hybridized carbons (Fsp3) is 0.600. The Hall–Kier alpha value is -0.800. The molecular weight excluding hydrogens is 263 g/mol. The van der Waals surface area contributed by atoms with Gasteiger partial charge in [-0.2, -0.15) is 0 Å². The summed E-state index contributed by atoms with van der Waals surface area (Å²) < 4.78 is 14.1. The lowest BCUT2D eigenvalue weighted by atomic mass is 9.99. The predicted molar refractivity (Wildman–Crippen MR) is 79.5 cm³/mol. The van der Waals surface area contributed by atoms with Gasteiger partial charge in [0.05, 0.1) is 10.7 Å². The minimum atomic E-state index is -0.297. The van der Waals surface area contributed by atoms with E-state index < -0.39 is 0 Å². The molecule has 0 aliphatic carbocycles. The van der Waals surface area contributed by atoms with Gasteiger partial charge in [-0.3, -0.25) is 0 Å². The van der Waals surface area contributed by atoms with Crippen molar-refractivity contribution < 1.29 is 4.39 Å². The van der Waals surface area contributed by atoms with Gasteiger partial charge in [-0.1, -0.05) is 37.9 Å². The molecule has 0 spiro atoms. The molecule has 0 saturated carbocycles. The Labute approximate surface area is 119 Å². The zero-order valence-electron chi connectivity index (χ0n) is 11.6. The Morgan fingerprint density at radius 2 is 2.32 bits per heavy atom. The maximum atomic E-state index is 14.1. The Balaban J connectivity index is 2.20. The van der Waals surface area contributed by atoms with Crippen LogP contribution in [0.5, 0.6) is 0 Å². The van der Waals surface area contributed by atoms with E-state index in [0.717, 1.165) is 32.5 Å². The van der Waals surface area contributed by atoms with Gasteiger partial charge in [0.2, 0.25) is 0 Å². The largest absolute Gasteiger partial charge is 0.368 e. The van der Waals surface area contributed by atoms with Crippen LogP contribution in [0.15, 0.2) is 18.2 Å². The van der Waals surface area contributed by atoms with Gasteiger partial charge in [-0.25, -0.2) is 4.39 Å². The van der Waals surface area contributed by atoms with Crippen molar-refractivity contribution in [3.63, 3.8) is 0 Å². The van der Waals surface area contributed by atoms with Gasteiger partial charge in [0.15, 0.2) is 5.82 Å². The van der Waals surface area contributed by atoms with Gasteiger partial charge < -0.3 is 10.2 Å². The molecule has 2 nitrogen and oxygen atoms in total. The summed E-state index contributed by atoms with van der Waals surface area (Å²) in [6.07, 6.45) is 2.16. The second-order valence-corrected chi connectivity index (χ2v) is 5.73. The minimum Gasteiger partial charge on any atom is -0.368 e. The molecule has 4 heteroatoms. The van der Waals surface area contributed by atoms with Crippen molar-refractivity contribution in [2.24, 2.45) is 5.92 Å². The maximum Gasteiger partial charge on any atom is 0.165 e. The quantitative estimate of drug-likeness (QED) is 0.911. The van der Waals surface area contributed by atoms with E-state index in [-0.39, 0.29) is 10.8 Å². The van der Waals surface area contributed by atoms with Crippen molar-refractivity contribution in [2.75, 3.05) is 24.5 Å². The number of hydrogen-bond donors (Lipinski definition) is 1. The molecule has 1 fully saturated rings. The Kier molecular flexibility index (Phi) is 5.06. The van der Waals surface area contributed by atoms with Crippen molar-refractivity contribution >= 4 is 17.3 Å². The van der Waals surface area contributed by atoms with E-state index in [2.05, 4.69) is 24.1 Å². The second-order valence-electron chi connectivity index (χ2n) is 5.32. The Morgan fingerprint density at radius 3 is 3.05 bits per heavy atom. The molecule has 0 amide bonds. The molecule has 2 unspecified atom stereocenters. The summed E-state index contributed by atoms with van der Waals surface area (Å²) in [6.45, 7) is 7.15. The third kappa shape index (κ3) is 3.40. The summed E-state index contributed by atoms with van der Waals surface area (Å²) >= 11 is 5.88. The van der Waals surface area contributed by atoms with E-state index in [4.69, 9.17) is 11.6 Å². The number of benzene rings is 1. The van der Waals surface area contributed by atoms with E-state index in [1.807, 2.05) is 12.1 Å². The maximum absolute atomic E-state index is 14.1. The van der Waals surface area contributed by atoms with Crippen molar-refractivity contribution in [2.45, 2.75) is 32.7 Å². The highest BCUT2D eigenvalue weighted by molar-refractivity contribution is 6.31. The van der Waals surface area contributed by atoms with E-state index in [1.54, 1.807) is 6.07 Å². The van der Waals surface area contributed by atoms with Crippen molar-refractivity contribution in [1.29, 1.82) is 0 Å². The van der Waals surface area contributed by atoms with Gasteiger partial charge in [-0.05, 0) is 31.0 Å². The van der Waals surface area contributed by atoms with Crippen LogP contribution in [0.2, 0.25) is 5.02 Å². The smallest absolute Gasteiger partial charge is 0.165 e. The van der Waals surface area contributed by atoms with Crippen LogP contribution in [-0.2, 0) is 0 Å². The Bertz CT molecular complexity index is 425. The third-order valence-corrected chi connectivity index (χ3v) is 4.32. The monoisotopic (exact) mass is 284 g/mol. The van der Waals surface area contributed by atoms with Crippen LogP contribution in [0.25, 0.3) is 0 Å². The molecule has 1 aliphatic heterocycles. The highest BCUT2D eigenvalue weighted by Gasteiger charge is 2.23. The molecule has 0 aromatic heterocycles. The lowest BCUT2D eigenvalue weighted by molar-refractivity contribution is 0.383. The zero-order chi connectivity index (χ0) is 13.8. The van der Waals surface area contributed by atoms with Crippen LogP contribution in [0.3, 0.4) is 0 Å². The van der Waals surface area contributed by atoms with Crippen LogP contribution in [0.4, 0.5) is 10.1 Å². The minimum absolute atomic E-state index is 0.204. The second kappa shape index (κ2) is 6.58. The molecular formula is C15H22ClFN2. The average molecular weight is 285 g/mol. The van der Waals surface area contributed by atoms with Gasteiger partial charge in [0, 0.05) is 19.1 Å². The molecule has 1 N–H and O–H groups in total. The van der Waals surface area contributed by atoms with E-state index in [0.29, 0.717) is 17.6 Å². The fourth-order valence-electron chi connectivity index (χ4n) is 2.57. The van der Waals surface area contributed by atoms with E-state index in [1.165, 1.54) is 0 Å². The number of nitrogens with zero attached hydrogens (tertiary/aromatic N) is 1. The molecule has 2 rings (SSSR count). The molecule has 1 saturated heterocycles. The molecule has 0 radical (unpaired) electrons. The predicted octanol–water partition coefficient (Wildman–Crippen LogP) is 3.69. The normalized spacial score (nSPS) is 22.1. The molecule has 0 bridgehead atoms. The summed E-state index contributed by atoms with van der Waals surface area (Å²) in [5.74, 6) is 0.289. The molecule has 1 aromatic carbocycles. The first kappa shape index (κ1) is 14.6. The van der Waals surface area contributed by atoms with Crippen LogP contribution in [-0.4, -0.2) is 25.7 Å². The molecule has 2 atom stereocenters. The molecule has 19 heavy (non-hydrogen) atoms. The van der Waals surface area contributed by atoms with Gasteiger partial charge >= 0.3 is 0 Å². The number of anilines is 1. The van der Waals surface area contributed by atoms with Gasteiger partial charge in [0.1, 0.15) is 0 Å². The SMILES string of the molecule is CCC(C)C1CN(c2cccc(Cl)c2F)CCCN1. The van der Waals surface area contributed by atoms with Gasteiger partial charge in [-0.15, -0.1) is 0 Å². The zero-order valence-corrected chi connectivity index (χ0v) is 12.4. The summed E-state index contributed by atoms with van der Waals surface area (Å²) in [5, 5.41) is 3.77. The van der Waals surface area contributed by atoms with Crippen LogP contribution in [0.1, 0.15) is 26.7 Å². The first-order valence-corrected chi connectivity index (χ1v) is 7.43. The molecule has 1 aliphatic rings. The number of nitrogens with one attached hydrogen (secondary N) is 1. The lowest BCUT2D eigenvalue weighted by Gasteiger charge is -2.29. The summed E-state index contributed by atoms with van der Waals surface area (Å²) in [5.41, 5.74) is 0.629. The average Bonchev–Trinajstić information content (AvgIpc) is 2.67. The van der Waals surface area contributed by atoms with Crippen molar-refractivity contribution in [3.05, 3.63) is 29.0 Å². The topological polar surface area (TPSA) is 15.3 Å². The third-order valence-electron chi connectivity index (χ3n) is 4.03. The van der Waals surface area contributed by atoms with Crippen LogP contribution in [0, 0.1) is 11.7 Å². The van der Waals surface area contributed by atoms with Crippen molar-refractivity contribution in [3.8, 4) is 0 Å². The van der Waals surface area contributed by atoms with Crippen LogP contribution >= 0.6 is 11.6 Å². The summed E-state index contributed by atoms with van der Waals surface area (Å²) in [4.78, 5) is 2.12. The Morgan fingerprint density at radius 1 is 1.53 bits per heavy atom. The van der Waals surface area contributed by atoms with Crippen molar-refractivity contribution in [1.82, 2.24) is 5.32 Å². The summed E-state index contributed by atoms with van der Waals surface area (Å²) in [6, 6.07) is 5.64. The highest BCUT2D eigenvalue weighted by Crippen LogP contribution is 2.27. The molecule has 1 heterocycles. The fourth-order valence-corrected chi connectivity index (χ4v) is 2.74. The van der Waals surface area contributed by atoms with E-state index in [9.17, 15) is 4.39 Å². The first-order valence-electron chi connectivity index (χ1n) is 7.05. The first-order chi connectivity index (χ1) is 9.13. The van der Waals surface area contributed by atoms with Crippen LogP contribution < -0.4 is 10.2 Å². The lowest BCUT2D eigenvalue weighted by Crippen LogP contribution is -2.42. The van der Waals surface area contributed by atoms with E-state index >= 15 is 0 Å². The molecule has 1 aromatic rings. The van der Waals surface area contributed by atoms with Gasteiger partial charge in [0.25, 0.3) is 0 Å². The number of rotatable bonds is 3. The number of halogens is 2. The highest BCUT2D eigenvalue weighted by atomic mass is 35.5. The standard InChI is InChI=1S/C15H22ClFN2/c1-3-11(2)13-10-19(9-5-8-18-13)14-7-4-6-12(16)15(14)17/h4,6-7,11,13,18H,3,5,8-10H2,1-2H3.